The van der Waals surface area contributed by atoms with Crippen molar-refractivity contribution in [3.63, 3.8) is 0 Å². The summed E-state index contributed by atoms with van der Waals surface area (Å²) in [4.78, 5) is 13.1. The second-order valence-corrected chi connectivity index (χ2v) is 6.78. The Morgan fingerprint density at radius 3 is 2.36 bits per heavy atom. The third-order valence-corrected chi connectivity index (χ3v) is 5.48. The van der Waals surface area contributed by atoms with Gasteiger partial charge in [0.15, 0.2) is 5.78 Å². The van der Waals surface area contributed by atoms with Crippen molar-refractivity contribution in [1.29, 1.82) is 0 Å². The molecule has 112 valence electrons. The van der Waals surface area contributed by atoms with Gasteiger partial charge in [0.2, 0.25) is 0 Å². The van der Waals surface area contributed by atoms with E-state index < -0.39 is 0 Å². The fourth-order valence-electron chi connectivity index (χ4n) is 4.35. The van der Waals surface area contributed by atoms with Crippen molar-refractivity contribution in [2.75, 3.05) is 0 Å². The number of Topliss-reactive ketones (excluding diaryl/α,β-unsaturated/α-hetero) is 1. The van der Waals surface area contributed by atoms with Crippen LogP contribution in [-0.4, -0.2) is 5.78 Å². The first-order valence-electron chi connectivity index (χ1n) is 8.56. The highest BCUT2D eigenvalue weighted by Crippen LogP contribution is 2.41. The minimum atomic E-state index is 0.236. The summed E-state index contributed by atoms with van der Waals surface area (Å²) in [5, 5.41) is 0. The first-order valence-corrected chi connectivity index (χ1v) is 8.56. The Labute approximate surface area is 132 Å². The van der Waals surface area contributed by atoms with Gasteiger partial charge in [0, 0.05) is 11.5 Å². The van der Waals surface area contributed by atoms with E-state index >= 15 is 0 Å². The lowest BCUT2D eigenvalue weighted by molar-refractivity contribution is 0.0869. The molecular weight excluding hydrogens is 268 g/mol. The normalized spacial score (nSPS) is 21.8. The van der Waals surface area contributed by atoms with Crippen LogP contribution in [0.25, 0.3) is 11.1 Å². The molecule has 0 aromatic heterocycles. The zero-order valence-corrected chi connectivity index (χ0v) is 12.9. The second-order valence-electron chi connectivity index (χ2n) is 6.78. The van der Waals surface area contributed by atoms with E-state index in [4.69, 9.17) is 0 Å². The first kappa shape index (κ1) is 13.8. The molecular formula is C21H22O. The maximum Gasteiger partial charge on any atom is 0.167 e. The topological polar surface area (TPSA) is 17.1 Å². The number of rotatable bonds is 2. The highest BCUT2D eigenvalue weighted by atomic mass is 16.1. The summed E-state index contributed by atoms with van der Waals surface area (Å²) in [5.41, 5.74) is 4.56. The van der Waals surface area contributed by atoms with E-state index in [1.54, 1.807) is 0 Å². The standard InChI is InChI=1S/C21H22O/c22-21-19(16-10-5-2-6-11-16)14-17-12-7-13-18(20(17)21)15-8-3-1-4-9-15/h1,3-4,7-9,12-13,16,19H,2,5-6,10-11,14H2. The molecule has 0 heterocycles. The van der Waals surface area contributed by atoms with Gasteiger partial charge in [0.25, 0.3) is 0 Å². The Morgan fingerprint density at radius 2 is 1.59 bits per heavy atom. The highest BCUT2D eigenvalue weighted by molar-refractivity contribution is 6.07. The minimum Gasteiger partial charge on any atom is -0.294 e. The van der Waals surface area contributed by atoms with Gasteiger partial charge >= 0.3 is 0 Å². The molecule has 0 spiro atoms. The number of benzene rings is 2. The van der Waals surface area contributed by atoms with Crippen molar-refractivity contribution in [3.05, 3.63) is 59.7 Å². The molecule has 0 aliphatic heterocycles. The predicted octanol–water partition coefficient (Wildman–Crippen LogP) is 5.29. The molecule has 0 amide bonds. The number of ketones is 1. The molecule has 2 aliphatic rings. The van der Waals surface area contributed by atoms with Crippen LogP contribution in [0.3, 0.4) is 0 Å². The summed E-state index contributed by atoms with van der Waals surface area (Å²) in [7, 11) is 0. The van der Waals surface area contributed by atoms with Crippen LogP contribution >= 0.6 is 0 Å². The molecule has 1 nitrogen and oxygen atoms in total. The van der Waals surface area contributed by atoms with Crippen LogP contribution < -0.4 is 0 Å². The maximum absolute atomic E-state index is 13.1. The summed E-state index contributed by atoms with van der Waals surface area (Å²) < 4.78 is 0. The zero-order valence-electron chi connectivity index (χ0n) is 12.9. The quantitative estimate of drug-likeness (QED) is 0.734. The Balaban J connectivity index is 1.72. The van der Waals surface area contributed by atoms with Crippen molar-refractivity contribution >= 4 is 5.78 Å². The molecule has 2 aromatic carbocycles. The lowest BCUT2D eigenvalue weighted by Gasteiger charge is -2.26. The van der Waals surface area contributed by atoms with E-state index in [0.717, 1.165) is 23.1 Å². The lowest BCUT2D eigenvalue weighted by atomic mass is 9.78. The van der Waals surface area contributed by atoms with E-state index in [0.29, 0.717) is 11.7 Å². The van der Waals surface area contributed by atoms with Crippen molar-refractivity contribution < 1.29 is 4.79 Å². The van der Waals surface area contributed by atoms with Gasteiger partial charge in [0.05, 0.1) is 0 Å². The number of fused-ring (bicyclic) bond motifs is 1. The average molecular weight is 290 g/mol. The first-order chi connectivity index (χ1) is 10.8. The smallest absolute Gasteiger partial charge is 0.167 e. The number of carbonyl (C=O) groups excluding carboxylic acids is 1. The van der Waals surface area contributed by atoms with Crippen LogP contribution in [0.1, 0.15) is 48.0 Å². The van der Waals surface area contributed by atoms with E-state index in [1.807, 2.05) is 18.2 Å². The van der Waals surface area contributed by atoms with Crippen molar-refractivity contribution in [2.24, 2.45) is 11.8 Å². The summed E-state index contributed by atoms with van der Waals surface area (Å²) in [6.07, 6.45) is 7.39. The van der Waals surface area contributed by atoms with Gasteiger partial charge < -0.3 is 0 Å². The lowest BCUT2D eigenvalue weighted by Crippen LogP contribution is -2.23. The van der Waals surface area contributed by atoms with Crippen LogP contribution in [0.2, 0.25) is 0 Å². The molecule has 0 radical (unpaired) electrons. The largest absolute Gasteiger partial charge is 0.294 e. The summed E-state index contributed by atoms with van der Waals surface area (Å²) in [6.45, 7) is 0. The maximum atomic E-state index is 13.1. The Kier molecular flexibility index (Phi) is 3.57. The van der Waals surface area contributed by atoms with E-state index in [-0.39, 0.29) is 5.92 Å². The molecule has 4 rings (SSSR count). The van der Waals surface area contributed by atoms with E-state index in [9.17, 15) is 4.79 Å². The Morgan fingerprint density at radius 1 is 0.818 bits per heavy atom. The molecule has 1 unspecified atom stereocenters. The minimum absolute atomic E-state index is 0.236. The third kappa shape index (κ3) is 2.29. The molecule has 0 bridgehead atoms. The van der Waals surface area contributed by atoms with E-state index in [1.165, 1.54) is 37.7 Å². The van der Waals surface area contributed by atoms with Crippen LogP contribution in [0.15, 0.2) is 48.5 Å². The van der Waals surface area contributed by atoms with Gasteiger partial charge in [-0.3, -0.25) is 4.79 Å². The molecule has 1 atom stereocenters. The van der Waals surface area contributed by atoms with Crippen molar-refractivity contribution in [3.8, 4) is 11.1 Å². The highest BCUT2D eigenvalue weighted by Gasteiger charge is 2.37. The summed E-state index contributed by atoms with van der Waals surface area (Å²) in [5.74, 6) is 1.25. The predicted molar refractivity (Wildman–Crippen MR) is 90.0 cm³/mol. The van der Waals surface area contributed by atoms with Gasteiger partial charge in [-0.1, -0.05) is 67.8 Å². The molecule has 0 N–H and O–H groups in total. The van der Waals surface area contributed by atoms with E-state index in [2.05, 4.69) is 30.3 Å². The molecule has 2 aliphatic carbocycles. The van der Waals surface area contributed by atoms with Crippen molar-refractivity contribution in [2.45, 2.75) is 38.5 Å². The second kappa shape index (κ2) is 5.72. The van der Waals surface area contributed by atoms with Gasteiger partial charge in [-0.05, 0) is 41.9 Å². The number of carbonyl (C=O) groups is 1. The molecule has 1 fully saturated rings. The average Bonchev–Trinajstić information content (AvgIpc) is 2.94. The Hall–Kier alpha value is -1.89. The van der Waals surface area contributed by atoms with Crippen molar-refractivity contribution in [1.82, 2.24) is 0 Å². The monoisotopic (exact) mass is 290 g/mol. The van der Waals surface area contributed by atoms with Crippen LogP contribution in [-0.2, 0) is 6.42 Å². The molecule has 2 aromatic rings. The molecule has 0 saturated heterocycles. The van der Waals surface area contributed by atoms with Gasteiger partial charge in [-0.15, -0.1) is 0 Å². The summed E-state index contributed by atoms with van der Waals surface area (Å²) in [6, 6.07) is 16.7. The molecule has 22 heavy (non-hydrogen) atoms. The fourth-order valence-corrected chi connectivity index (χ4v) is 4.35. The van der Waals surface area contributed by atoms with Gasteiger partial charge in [0.1, 0.15) is 0 Å². The fraction of sp³-hybridized carbons (Fsp3) is 0.381. The molecule has 1 heteroatoms. The zero-order chi connectivity index (χ0) is 14.9. The van der Waals surface area contributed by atoms with Crippen LogP contribution in [0.4, 0.5) is 0 Å². The number of hydrogen-bond acceptors (Lipinski definition) is 1. The summed E-state index contributed by atoms with van der Waals surface area (Å²) >= 11 is 0. The van der Waals surface area contributed by atoms with Gasteiger partial charge in [-0.25, -0.2) is 0 Å². The SMILES string of the molecule is O=C1c2c(cccc2-c2ccccc2)CC1C1CCCCC1. The molecule has 1 saturated carbocycles. The van der Waals surface area contributed by atoms with Crippen LogP contribution in [0.5, 0.6) is 0 Å². The third-order valence-electron chi connectivity index (χ3n) is 5.48. The number of hydrogen-bond donors (Lipinski definition) is 0. The van der Waals surface area contributed by atoms with Gasteiger partial charge in [-0.2, -0.15) is 0 Å². The Bertz CT molecular complexity index is 680. The van der Waals surface area contributed by atoms with Crippen LogP contribution in [0, 0.1) is 11.8 Å².